The van der Waals surface area contributed by atoms with Gasteiger partial charge in [-0.2, -0.15) is 4.39 Å². The lowest BCUT2D eigenvalue weighted by atomic mass is 10.2. The van der Waals surface area contributed by atoms with E-state index in [4.69, 9.17) is 9.47 Å². The van der Waals surface area contributed by atoms with Crippen LogP contribution in [0.25, 0.3) is 22.6 Å². The zero-order chi connectivity index (χ0) is 24.6. The quantitative estimate of drug-likeness (QED) is 0.342. The molecule has 1 N–H and O–H groups in total. The summed E-state index contributed by atoms with van der Waals surface area (Å²) in [5.41, 5.74) is 1.63. The molecule has 11 heteroatoms. The number of nitrogens with one attached hydrogen (secondary N) is 1. The molecule has 176 valence electrons. The Balaban J connectivity index is 1.58. The molecule has 35 heavy (non-hydrogen) atoms. The second-order valence-corrected chi connectivity index (χ2v) is 9.44. The van der Waals surface area contributed by atoms with E-state index < -0.39 is 21.5 Å². The van der Waals surface area contributed by atoms with Gasteiger partial charge in [0.25, 0.3) is 0 Å². The molecule has 0 saturated carbocycles. The first-order valence-corrected chi connectivity index (χ1v) is 12.1. The maximum absolute atomic E-state index is 14.3. The smallest absolute Gasteiger partial charge is 0.201 e. The molecule has 0 atom stereocenters. The molecule has 0 aliphatic heterocycles. The molecule has 0 unspecified atom stereocenters. The Hall–Kier alpha value is -4.38. The number of fused-ring (bicyclic) bond motifs is 1. The zero-order valence-electron chi connectivity index (χ0n) is 18.1. The molecule has 0 aliphatic rings. The lowest BCUT2D eigenvalue weighted by molar-refractivity contribution is 0.389. The molecule has 5 aromatic rings. The number of hydrogen-bond donors (Lipinski definition) is 1. The Morgan fingerprint density at radius 2 is 1.71 bits per heavy atom. The lowest BCUT2D eigenvalue weighted by Gasteiger charge is -2.13. The molecule has 8 nitrogen and oxygen atoms in total. The van der Waals surface area contributed by atoms with Crippen LogP contribution in [0.3, 0.4) is 0 Å². The number of imidazole rings is 1. The molecule has 0 spiro atoms. The first-order chi connectivity index (χ1) is 16.8. The summed E-state index contributed by atoms with van der Waals surface area (Å²) in [7, 11) is -3.49. The number of rotatable bonds is 6. The van der Waals surface area contributed by atoms with Gasteiger partial charge in [0.2, 0.25) is 5.82 Å². The van der Waals surface area contributed by atoms with Gasteiger partial charge in [-0.3, -0.25) is 4.98 Å². The van der Waals surface area contributed by atoms with E-state index in [1.807, 2.05) is 6.07 Å². The van der Waals surface area contributed by atoms with Crippen molar-refractivity contribution in [3.63, 3.8) is 0 Å². The van der Waals surface area contributed by atoms with E-state index in [0.717, 1.165) is 12.3 Å². The summed E-state index contributed by atoms with van der Waals surface area (Å²) < 4.78 is 63.0. The van der Waals surface area contributed by atoms with Gasteiger partial charge < -0.3 is 14.5 Å². The molecule has 3 aromatic heterocycles. The van der Waals surface area contributed by atoms with Gasteiger partial charge in [0.15, 0.2) is 43.8 Å². The molecule has 0 amide bonds. The first kappa shape index (κ1) is 22.4. The normalized spacial score (nSPS) is 11.5. The van der Waals surface area contributed by atoms with Gasteiger partial charge in [-0.15, -0.1) is 0 Å². The Morgan fingerprint density at radius 3 is 2.43 bits per heavy atom. The van der Waals surface area contributed by atoms with Crippen LogP contribution in [0, 0.1) is 11.6 Å². The maximum atomic E-state index is 14.3. The minimum absolute atomic E-state index is 0.0493. The van der Waals surface area contributed by atoms with E-state index in [0.29, 0.717) is 22.6 Å². The van der Waals surface area contributed by atoms with Crippen LogP contribution in [0.4, 0.5) is 8.78 Å². The fraction of sp³-hybridized carbons (Fsp3) is 0.0417. The molecular weight excluding hydrogens is 478 g/mol. The van der Waals surface area contributed by atoms with E-state index in [9.17, 15) is 17.2 Å². The predicted molar refractivity (Wildman–Crippen MR) is 123 cm³/mol. The number of pyridine rings is 2. The third-order valence-electron chi connectivity index (χ3n) is 4.91. The SMILES string of the molecule is CS(=O)(=O)c1ccc(Oc2cc3[nH]c(-c4ccccn4)nc3cc2Oc2cccc(F)c2F)cn1. The molecule has 2 aromatic carbocycles. The number of aromatic amines is 1. The number of benzene rings is 2. The molecular formula is C24H16F2N4O4S. The Labute approximate surface area is 198 Å². The van der Waals surface area contributed by atoms with Crippen molar-refractivity contribution >= 4 is 20.9 Å². The molecule has 0 aliphatic carbocycles. The van der Waals surface area contributed by atoms with Crippen LogP contribution in [-0.4, -0.2) is 34.6 Å². The third-order valence-corrected chi connectivity index (χ3v) is 5.91. The average Bonchev–Trinajstić information content (AvgIpc) is 3.25. The average molecular weight is 494 g/mol. The predicted octanol–water partition coefficient (Wildman–Crippen LogP) is 5.29. The van der Waals surface area contributed by atoms with Crippen LogP contribution < -0.4 is 9.47 Å². The minimum Gasteiger partial charge on any atom is -0.452 e. The summed E-state index contributed by atoms with van der Waals surface area (Å²) in [6.07, 6.45) is 3.91. The van der Waals surface area contributed by atoms with Crippen LogP contribution in [0.1, 0.15) is 0 Å². The lowest BCUT2D eigenvalue weighted by Crippen LogP contribution is -2.00. The Morgan fingerprint density at radius 1 is 0.886 bits per heavy atom. The van der Waals surface area contributed by atoms with Crippen LogP contribution in [0.2, 0.25) is 0 Å². The number of aromatic nitrogens is 4. The molecule has 0 saturated heterocycles. The molecule has 5 rings (SSSR count). The van der Waals surface area contributed by atoms with Crippen LogP contribution in [0.15, 0.2) is 78.1 Å². The van der Waals surface area contributed by atoms with E-state index in [2.05, 4.69) is 19.9 Å². The van der Waals surface area contributed by atoms with E-state index in [1.165, 1.54) is 36.5 Å². The van der Waals surface area contributed by atoms with Gasteiger partial charge in [0.1, 0.15) is 11.4 Å². The van der Waals surface area contributed by atoms with Crippen LogP contribution >= 0.6 is 0 Å². The van der Waals surface area contributed by atoms with Gasteiger partial charge >= 0.3 is 0 Å². The Bertz CT molecular complexity index is 1640. The van der Waals surface area contributed by atoms with Crippen molar-refractivity contribution in [3.05, 3.63) is 84.7 Å². The molecule has 3 heterocycles. The summed E-state index contributed by atoms with van der Waals surface area (Å²) in [5.74, 6) is -1.71. The van der Waals surface area contributed by atoms with Crippen molar-refractivity contribution in [1.82, 2.24) is 19.9 Å². The van der Waals surface area contributed by atoms with E-state index >= 15 is 0 Å². The summed E-state index contributed by atoms with van der Waals surface area (Å²) in [4.78, 5) is 15.8. The highest BCUT2D eigenvalue weighted by molar-refractivity contribution is 7.90. The van der Waals surface area contributed by atoms with Crippen LogP contribution in [-0.2, 0) is 9.84 Å². The molecule has 0 radical (unpaired) electrons. The highest BCUT2D eigenvalue weighted by atomic mass is 32.2. The number of sulfone groups is 1. The van der Waals surface area contributed by atoms with Crippen molar-refractivity contribution in [2.75, 3.05) is 6.26 Å². The third kappa shape index (κ3) is 4.66. The Kier molecular flexibility index (Phi) is 5.61. The summed E-state index contributed by atoms with van der Waals surface area (Å²) >= 11 is 0. The van der Waals surface area contributed by atoms with E-state index in [-0.39, 0.29) is 28.0 Å². The second-order valence-electron chi connectivity index (χ2n) is 7.48. The van der Waals surface area contributed by atoms with Gasteiger partial charge in [-0.05, 0) is 36.4 Å². The van der Waals surface area contributed by atoms with Gasteiger partial charge in [0, 0.05) is 24.6 Å². The first-order valence-electron chi connectivity index (χ1n) is 10.2. The van der Waals surface area contributed by atoms with Gasteiger partial charge in [0.05, 0.1) is 17.2 Å². The number of halogens is 2. The number of ether oxygens (including phenoxy) is 2. The number of nitrogens with zero attached hydrogens (tertiary/aromatic N) is 3. The van der Waals surface area contributed by atoms with Gasteiger partial charge in [-0.1, -0.05) is 12.1 Å². The second kappa shape index (κ2) is 8.76. The van der Waals surface area contributed by atoms with Crippen molar-refractivity contribution in [2.45, 2.75) is 5.03 Å². The van der Waals surface area contributed by atoms with Crippen molar-refractivity contribution in [1.29, 1.82) is 0 Å². The fourth-order valence-electron chi connectivity index (χ4n) is 3.26. The topological polar surface area (TPSA) is 107 Å². The maximum Gasteiger partial charge on any atom is 0.201 e. The minimum atomic E-state index is -3.49. The largest absolute Gasteiger partial charge is 0.452 e. The van der Waals surface area contributed by atoms with Crippen LogP contribution in [0.5, 0.6) is 23.0 Å². The zero-order valence-corrected chi connectivity index (χ0v) is 18.9. The number of H-pyrrole nitrogens is 1. The molecule has 0 fully saturated rings. The highest BCUT2D eigenvalue weighted by Gasteiger charge is 2.18. The molecule has 0 bridgehead atoms. The highest BCUT2D eigenvalue weighted by Crippen LogP contribution is 2.39. The standard InChI is InChI=1S/C24H16F2N4O4S/c1-35(31,32)22-9-8-14(13-28-22)33-20-11-17-18(30-24(29-17)16-6-2-3-10-27-16)12-21(20)34-19-7-4-5-15(25)23(19)26/h2-13H,1H3,(H,29,30). The summed E-state index contributed by atoms with van der Waals surface area (Å²) in [6.45, 7) is 0. The van der Waals surface area contributed by atoms with Gasteiger partial charge in [-0.25, -0.2) is 22.8 Å². The van der Waals surface area contributed by atoms with Crippen molar-refractivity contribution in [2.24, 2.45) is 0 Å². The van der Waals surface area contributed by atoms with E-state index in [1.54, 1.807) is 24.4 Å². The summed E-state index contributed by atoms with van der Waals surface area (Å²) in [6, 6.07) is 14.8. The monoisotopic (exact) mass is 494 g/mol. The van der Waals surface area contributed by atoms with Crippen molar-refractivity contribution < 1.29 is 26.7 Å². The fourth-order valence-corrected chi connectivity index (χ4v) is 3.82. The van der Waals surface area contributed by atoms with Crippen molar-refractivity contribution in [3.8, 4) is 34.5 Å². The summed E-state index contributed by atoms with van der Waals surface area (Å²) in [5, 5.41) is -0.118. The number of hydrogen-bond acceptors (Lipinski definition) is 7.